The molecule has 0 amide bonds. The average Bonchev–Trinajstić information content (AvgIpc) is 2.28. The van der Waals surface area contributed by atoms with Crippen LogP contribution in [-0.4, -0.2) is 43.6 Å². The molecule has 0 aliphatic carbocycles. The molecular weight excluding hydrogens is 207 g/mol. The summed E-state index contributed by atoms with van der Waals surface area (Å²) in [5, 5.41) is 0. The fraction of sp³-hybridized carbons (Fsp3) is 1.00. The molecule has 1 saturated heterocycles. The third kappa shape index (κ3) is 3.67. The maximum Gasteiger partial charge on any atom is 0.325 e. The molecule has 0 aromatic heterocycles. The van der Waals surface area contributed by atoms with Crippen molar-refractivity contribution in [1.82, 2.24) is 0 Å². The molecule has 6 heteroatoms. The first-order valence-corrected chi connectivity index (χ1v) is 6.58. The predicted octanol–water partition coefficient (Wildman–Crippen LogP) is 1.01. The summed E-state index contributed by atoms with van der Waals surface area (Å²) in [7, 11) is -1.87. The highest BCUT2D eigenvalue weighted by Crippen LogP contribution is 2.42. The molecule has 1 heterocycles. The minimum atomic E-state index is -3.44. The maximum absolute atomic E-state index is 11.1. The largest absolute Gasteiger partial charge is 0.382 e. The van der Waals surface area contributed by atoms with Gasteiger partial charge in [-0.15, -0.1) is 0 Å². The number of ether oxygens (including phenoxy) is 2. The number of rotatable bonds is 4. The third-order valence-electron chi connectivity index (χ3n) is 2.05. The van der Waals surface area contributed by atoms with E-state index >= 15 is 0 Å². The van der Waals surface area contributed by atoms with E-state index < -0.39 is 7.60 Å². The summed E-state index contributed by atoms with van der Waals surface area (Å²) in [5.41, 5.74) is 0. The van der Waals surface area contributed by atoms with Crippen LogP contribution in [0.2, 0.25) is 0 Å². The van der Waals surface area contributed by atoms with Gasteiger partial charge in [-0.2, -0.15) is 0 Å². The van der Waals surface area contributed by atoms with Gasteiger partial charge in [-0.3, -0.25) is 4.57 Å². The Hall–Kier alpha value is 0.0700. The molecule has 4 unspecified atom stereocenters. The molecule has 0 bridgehead atoms. The van der Waals surface area contributed by atoms with Crippen LogP contribution in [0.3, 0.4) is 0 Å². The molecule has 0 aromatic rings. The van der Waals surface area contributed by atoms with Crippen molar-refractivity contribution in [2.24, 2.45) is 0 Å². The lowest BCUT2D eigenvalue weighted by Gasteiger charge is -2.19. The van der Waals surface area contributed by atoms with E-state index in [0.717, 1.165) is 0 Å². The molecule has 1 rings (SSSR count). The molecule has 14 heavy (non-hydrogen) atoms. The molecule has 84 valence electrons. The highest BCUT2D eigenvalue weighted by molar-refractivity contribution is 7.51. The van der Waals surface area contributed by atoms with Crippen LogP contribution in [0.1, 0.15) is 13.3 Å². The van der Waals surface area contributed by atoms with E-state index in [-0.39, 0.29) is 18.3 Å². The zero-order valence-electron chi connectivity index (χ0n) is 8.67. The lowest BCUT2D eigenvalue weighted by molar-refractivity contribution is -0.0246. The quantitative estimate of drug-likeness (QED) is 0.722. The van der Waals surface area contributed by atoms with Gasteiger partial charge in [0.25, 0.3) is 0 Å². The van der Waals surface area contributed by atoms with Crippen molar-refractivity contribution in [3.63, 3.8) is 0 Å². The second-order valence-electron chi connectivity index (χ2n) is 3.62. The fourth-order valence-corrected chi connectivity index (χ4v) is 2.32. The van der Waals surface area contributed by atoms with E-state index in [0.29, 0.717) is 13.0 Å². The highest BCUT2D eigenvalue weighted by atomic mass is 31.2. The monoisotopic (exact) mass is 224 g/mol. The van der Waals surface area contributed by atoms with Crippen LogP contribution in [0, 0.1) is 0 Å². The molecule has 1 aliphatic rings. The predicted molar refractivity (Wildman–Crippen MR) is 51.5 cm³/mol. The molecule has 5 nitrogen and oxygen atoms in total. The summed E-state index contributed by atoms with van der Waals surface area (Å²) in [6.45, 7) is 3.47. The Balaban J connectivity index is 2.53. The van der Waals surface area contributed by atoms with Gasteiger partial charge in [0, 0.05) is 20.2 Å². The average molecular weight is 224 g/mol. The lowest BCUT2D eigenvalue weighted by atomic mass is 10.1. The van der Waals surface area contributed by atoms with Gasteiger partial charge < -0.3 is 18.9 Å². The van der Waals surface area contributed by atoms with E-state index in [2.05, 4.69) is 0 Å². The number of methoxy groups -OCH3 is 1. The molecular formula is C8H17O5P. The SMILES string of the molecule is COCC1OC(C)CC1OP(C)(=O)O. The first-order chi connectivity index (χ1) is 6.42. The minimum absolute atomic E-state index is 0.0479. The molecule has 1 N–H and O–H groups in total. The van der Waals surface area contributed by atoms with Gasteiger partial charge in [-0.05, 0) is 6.92 Å². The van der Waals surface area contributed by atoms with Gasteiger partial charge in [0.2, 0.25) is 0 Å². The van der Waals surface area contributed by atoms with Crippen LogP contribution in [0.25, 0.3) is 0 Å². The molecule has 4 atom stereocenters. The van der Waals surface area contributed by atoms with E-state index in [1.54, 1.807) is 7.11 Å². The van der Waals surface area contributed by atoms with Gasteiger partial charge in [0.05, 0.1) is 18.8 Å². The smallest absolute Gasteiger partial charge is 0.325 e. The summed E-state index contributed by atoms with van der Waals surface area (Å²) in [4.78, 5) is 9.09. The van der Waals surface area contributed by atoms with Crippen molar-refractivity contribution in [1.29, 1.82) is 0 Å². The van der Waals surface area contributed by atoms with E-state index in [9.17, 15) is 4.57 Å². The van der Waals surface area contributed by atoms with E-state index in [1.165, 1.54) is 6.66 Å². The van der Waals surface area contributed by atoms with Gasteiger partial charge in [0.1, 0.15) is 6.10 Å². The van der Waals surface area contributed by atoms with Crippen molar-refractivity contribution < 1.29 is 23.5 Å². The van der Waals surface area contributed by atoms with E-state index in [4.69, 9.17) is 18.9 Å². The zero-order chi connectivity index (χ0) is 10.8. The first-order valence-electron chi connectivity index (χ1n) is 4.55. The van der Waals surface area contributed by atoms with E-state index in [1.807, 2.05) is 6.92 Å². The van der Waals surface area contributed by atoms with Crippen LogP contribution in [0.5, 0.6) is 0 Å². The Kier molecular flexibility index (Phi) is 4.10. The molecule has 0 saturated carbocycles. The van der Waals surface area contributed by atoms with Crippen LogP contribution in [-0.2, 0) is 18.6 Å². The highest BCUT2D eigenvalue weighted by Gasteiger charge is 2.36. The Labute approximate surface area is 83.9 Å². The van der Waals surface area contributed by atoms with Crippen molar-refractivity contribution in [2.75, 3.05) is 20.4 Å². The molecule has 0 aromatic carbocycles. The fourth-order valence-electron chi connectivity index (χ4n) is 1.59. The zero-order valence-corrected chi connectivity index (χ0v) is 9.57. The van der Waals surface area contributed by atoms with Gasteiger partial charge >= 0.3 is 7.60 Å². The lowest BCUT2D eigenvalue weighted by Crippen LogP contribution is -2.27. The minimum Gasteiger partial charge on any atom is -0.382 e. The summed E-state index contributed by atoms with van der Waals surface area (Å²) < 4.78 is 26.5. The van der Waals surface area contributed by atoms with Crippen LogP contribution < -0.4 is 0 Å². The van der Waals surface area contributed by atoms with Crippen LogP contribution in [0.15, 0.2) is 0 Å². The summed E-state index contributed by atoms with van der Waals surface area (Å²) in [5.74, 6) is 0. The number of hydrogen-bond donors (Lipinski definition) is 1. The van der Waals surface area contributed by atoms with Crippen LogP contribution in [0.4, 0.5) is 0 Å². The van der Waals surface area contributed by atoms with Crippen molar-refractivity contribution in [2.45, 2.75) is 31.7 Å². The molecule has 0 spiro atoms. The van der Waals surface area contributed by atoms with Gasteiger partial charge in [-0.1, -0.05) is 0 Å². The van der Waals surface area contributed by atoms with Crippen molar-refractivity contribution >= 4 is 7.60 Å². The number of hydrogen-bond acceptors (Lipinski definition) is 4. The molecule has 0 radical (unpaired) electrons. The first kappa shape index (κ1) is 12.1. The Morgan fingerprint density at radius 1 is 1.64 bits per heavy atom. The topological polar surface area (TPSA) is 65.0 Å². The molecule has 1 aliphatic heterocycles. The Morgan fingerprint density at radius 2 is 2.29 bits per heavy atom. The Morgan fingerprint density at radius 3 is 2.79 bits per heavy atom. The van der Waals surface area contributed by atoms with Crippen molar-refractivity contribution in [3.8, 4) is 0 Å². The van der Waals surface area contributed by atoms with Gasteiger partial charge in [-0.25, -0.2) is 0 Å². The van der Waals surface area contributed by atoms with Crippen LogP contribution >= 0.6 is 7.60 Å². The second kappa shape index (κ2) is 4.73. The van der Waals surface area contributed by atoms with Crippen molar-refractivity contribution in [3.05, 3.63) is 0 Å². The standard InChI is InChI=1S/C8H17O5P/c1-6-4-7(13-14(3,9)10)8(12-6)5-11-2/h6-8H,4-5H2,1-3H3,(H,9,10). The molecule has 1 fully saturated rings. The van der Waals surface area contributed by atoms with Gasteiger partial charge in [0.15, 0.2) is 0 Å². The Bertz CT molecular complexity index is 226. The summed E-state index contributed by atoms with van der Waals surface area (Å²) >= 11 is 0. The third-order valence-corrected chi connectivity index (χ3v) is 2.71. The maximum atomic E-state index is 11.1. The summed E-state index contributed by atoms with van der Waals surface area (Å²) in [6.07, 6.45) is 0.0970. The summed E-state index contributed by atoms with van der Waals surface area (Å²) in [6, 6.07) is 0. The second-order valence-corrected chi connectivity index (χ2v) is 5.44. The normalized spacial score (nSPS) is 37.0.